The molecule has 10 heteroatoms. The number of fused-ring (bicyclic) bond motifs is 1. The van der Waals surface area contributed by atoms with Gasteiger partial charge < -0.3 is 30.0 Å². The minimum absolute atomic E-state index is 0.0346. The van der Waals surface area contributed by atoms with Gasteiger partial charge in [-0.15, -0.1) is 0 Å². The lowest BCUT2D eigenvalue weighted by Crippen LogP contribution is -2.61. The van der Waals surface area contributed by atoms with Crippen LogP contribution in [-0.4, -0.2) is 58.9 Å². The van der Waals surface area contributed by atoms with Gasteiger partial charge in [-0.05, 0) is 40.0 Å². The zero-order chi connectivity index (χ0) is 25.1. The topological polar surface area (TPSA) is 140 Å². The molecule has 0 radical (unpaired) electrons. The summed E-state index contributed by atoms with van der Waals surface area (Å²) < 4.78 is 15.4. The van der Waals surface area contributed by atoms with Gasteiger partial charge in [0.15, 0.2) is 0 Å². The molecule has 0 heterocycles. The van der Waals surface area contributed by atoms with E-state index in [0.717, 1.165) is 6.26 Å². The van der Waals surface area contributed by atoms with Crippen LogP contribution in [0.5, 0.6) is 0 Å². The quantitative estimate of drug-likeness (QED) is 0.264. The van der Waals surface area contributed by atoms with E-state index in [0.29, 0.717) is 0 Å². The van der Waals surface area contributed by atoms with E-state index in [1.807, 2.05) is 13.8 Å². The van der Waals surface area contributed by atoms with Crippen molar-refractivity contribution in [2.24, 2.45) is 23.7 Å². The molecule has 2 saturated carbocycles. The van der Waals surface area contributed by atoms with Crippen LogP contribution < -0.4 is 10.6 Å². The van der Waals surface area contributed by atoms with E-state index in [4.69, 9.17) is 14.2 Å². The second kappa shape index (κ2) is 10.1. The van der Waals surface area contributed by atoms with Crippen LogP contribution in [0.25, 0.3) is 0 Å². The van der Waals surface area contributed by atoms with Crippen LogP contribution in [0.3, 0.4) is 0 Å². The zero-order valence-electron chi connectivity index (χ0n) is 20.2. The van der Waals surface area contributed by atoms with E-state index in [1.54, 1.807) is 27.7 Å². The van der Waals surface area contributed by atoms with Gasteiger partial charge >= 0.3 is 18.0 Å². The number of aliphatic hydroxyl groups excluding tert-OH is 1. The molecule has 3 N–H and O–H groups in total. The maximum atomic E-state index is 13.3. The highest BCUT2D eigenvalue weighted by Gasteiger charge is 2.76. The third-order valence-electron chi connectivity index (χ3n) is 5.79. The number of hydrogen-bond donors (Lipinski definition) is 3. The molecule has 2 rings (SSSR count). The van der Waals surface area contributed by atoms with Crippen LogP contribution in [0.1, 0.15) is 54.4 Å². The molecule has 186 valence electrons. The summed E-state index contributed by atoms with van der Waals surface area (Å²) in [6.45, 7) is 13.9. The van der Waals surface area contributed by atoms with Gasteiger partial charge in [0.2, 0.25) is 5.91 Å². The molecule has 0 bridgehead atoms. The monoisotopic (exact) mass is 468 g/mol. The summed E-state index contributed by atoms with van der Waals surface area (Å²) in [4.78, 5) is 51.0. The van der Waals surface area contributed by atoms with E-state index in [1.165, 1.54) is 0 Å². The molecular formula is C23H36N2O8. The fourth-order valence-corrected chi connectivity index (χ4v) is 4.64. The molecule has 0 aromatic heterocycles. The van der Waals surface area contributed by atoms with Crippen molar-refractivity contribution in [3.63, 3.8) is 0 Å². The highest BCUT2D eigenvalue weighted by Crippen LogP contribution is 2.63. The number of aliphatic hydroxyl groups is 1. The van der Waals surface area contributed by atoms with Crippen molar-refractivity contribution in [3.8, 4) is 0 Å². The molecule has 1 unspecified atom stereocenters. The number of esters is 2. The van der Waals surface area contributed by atoms with Crippen molar-refractivity contribution in [1.29, 1.82) is 0 Å². The molecule has 0 aromatic carbocycles. The number of rotatable bonds is 9. The van der Waals surface area contributed by atoms with Gasteiger partial charge in [0.25, 0.3) is 0 Å². The lowest BCUT2D eigenvalue weighted by Gasteiger charge is -2.33. The van der Waals surface area contributed by atoms with Crippen LogP contribution >= 0.6 is 0 Å². The summed E-state index contributed by atoms with van der Waals surface area (Å²) >= 11 is 0. The minimum Gasteiger partial charge on any atom is -0.464 e. The zero-order valence-corrected chi connectivity index (χ0v) is 20.2. The summed E-state index contributed by atoms with van der Waals surface area (Å²) in [5.41, 5.74) is -2.38. The molecular weight excluding hydrogens is 432 g/mol. The van der Waals surface area contributed by atoms with E-state index in [2.05, 4.69) is 17.2 Å². The second-order valence-electron chi connectivity index (χ2n) is 10.0. The Morgan fingerprint density at radius 1 is 1.24 bits per heavy atom. The highest BCUT2D eigenvalue weighted by atomic mass is 16.6. The Morgan fingerprint density at radius 2 is 1.88 bits per heavy atom. The molecule has 10 nitrogen and oxygen atoms in total. The van der Waals surface area contributed by atoms with Crippen molar-refractivity contribution in [3.05, 3.63) is 12.8 Å². The molecule has 0 spiro atoms. The number of carbonyl (C=O) groups excluding carboxylic acids is 4. The number of amides is 2. The van der Waals surface area contributed by atoms with Gasteiger partial charge in [-0.25, -0.2) is 9.59 Å². The number of nitrogens with one attached hydrogen (secondary N) is 2. The average Bonchev–Trinajstić information content (AvgIpc) is 3.35. The molecule has 2 amide bonds. The van der Waals surface area contributed by atoms with Crippen LogP contribution in [0.15, 0.2) is 12.8 Å². The fraction of sp³-hybridized carbons (Fsp3) is 0.739. The standard InChI is InChI=1S/C23H36N2O8/c1-8-31-19(28)16-15-14(26)11-23(17(15)16,20(29)32-9-2)25-18(27)13(10-12(3)4)24-21(30)33-22(5,6)7/h8,12-17,26H,1,9-11H2,2-7H3,(H,24,30)(H,25,27)/t13-,14-,15-,16-,17-,23?/m0/s1. The smallest absolute Gasteiger partial charge is 0.408 e. The third kappa shape index (κ3) is 6.04. The number of ether oxygens (including phenoxy) is 3. The Hall–Kier alpha value is -2.62. The SMILES string of the molecule is C=COC(=O)[C@H]1[C@H]2[C@@H]1C(NC(=O)[C@H](CC(C)C)NC(=O)OC(C)(C)C)(C(=O)OCC)C[C@@H]2O. The van der Waals surface area contributed by atoms with Crippen molar-refractivity contribution in [2.45, 2.75) is 77.7 Å². The first kappa shape index (κ1) is 26.6. The molecule has 33 heavy (non-hydrogen) atoms. The molecule has 0 saturated heterocycles. The van der Waals surface area contributed by atoms with E-state index in [9.17, 15) is 24.3 Å². The van der Waals surface area contributed by atoms with Gasteiger partial charge in [0, 0.05) is 18.3 Å². The third-order valence-corrected chi connectivity index (χ3v) is 5.79. The van der Waals surface area contributed by atoms with Crippen molar-refractivity contribution < 1.29 is 38.5 Å². The van der Waals surface area contributed by atoms with Crippen molar-refractivity contribution in [2.75, 3.05) is 6.61 Å². The lowest BCUT2D eigenvalue weighted by atomic mass is 9.88. The molecule has 0 aromatic rings. The number of hydrogen-bond acceptors (Lipinski definition) is 8. The lowest BCUT2D eigenvalue weighted by molar-refractivity contribution is -0.156. The number of alkyl carbamates (subject to hydrolysis) is 1. The minimum atomic E-state index is -1.62. The Morgan fingerprint density at radius 3 is 2.39 bits per heavy atom. The Bertz CT molecular complexity index is 790. The van der Waals surface area contributed by atoms with Gasteiger partial charge in [-0.1, -0.05) is 20.4 Å². The normalized spacial score (nSPS) is 28.8. The Labute approximate surface area is 194 Å². The summed E-state index contributed by atoms with van der Waals surface area (Å²) in [5, 5.41) is 15.9. The van der Waals surface area contributed by atoms with Crippen LogP contribution in [0, 0.1) is 23.7 Å². The van der Waals surface area contributed by atoms with Crippen molar-refractivity contribution >= 4 is 23.9 Å². The van der Waals surface area contributed by atoms with E-state index >= 15 is 0 Å². The van der Waals surface area contributed by atoms with Crippen LogP contribution in [-0.2, 0) is 28.6 Å². The first-order valence-corrected chi connectivity index (χ1v) is 11.3. The van der Waals surface area contributed by atoms with Gasteiger partial charge in [0.1, 0.15) is 17.2 Å². The molecule has 2 aliphatic carbocycles. The van der Waals surface area contributed by atoms with E-state index < -0.39 is 65.0 Å². The Kier molecular flexibility index (Phi) is 8.16. The number of carbonyl (C=O) groups is 4. The predicted molar refractivity (Wildman–Crippen MR) is 118 cm³/mol. The van der Waals surface area contributed by atoms with E-state index in [-0.39, 0.29) is 25.4 Å². The first-order chi connectivity index (χ1) is 15.3. The Balaban J connectivity index is 2.30. The fourth-order valence-electron chi connectivity index (χ4n) is 4.64. The maximum absolute atomic E-state index is 13.3. The maximum Gasteiger partial charge on any atom is 0.408 e. The van der Waals surface area contributed by atoms with Crippen LogP contribution in [0.2, 0.25) is 0 Å². The molecule has 2 aliphatic rings. The molecule has 2 fully saturated rings. The van der Waals surface area contributed by atoms with Gasteiger partial charge in [0.05, 0.1) is 24.9 Å². The van der Waals surface area contributed by atoms with Crippen molar-refractivity contribution in [1.82, 2.24) is 10.6 Å². The summed E-state index contributed by atoms with van der Waals surface area (Å²) in [6, 6.07) is -1.00. The van der Waals surface area contributed by atoms with Crippen LogP contribution in [0.4, 0.5) is 4.79 Å². The summed E-state index contributed by atoms with van der Waals surface area (Å²) in [5.74, 6) is -3.98. The van der Waals surface area contributed by atoms with Gasteiger partial charge in [-0.3, -0.25) is 9.59 Å². The summed E-state index contributed by atoms with van der Waals surface area (Å²) in [7, 11) is 0. The first-order valence-electron chi connectivity index (χ1n) is 11.3. The highest BCUT2D eigenvalue weighted by molar-refractivity contribution is 5.94. The largest absolute Gasteiger partial charge is 0.464 e. The summed E-state index contributed by atoms with van der Waals surface area (Å²) in [6.07, 6.45) is -0.619. The molecule has 0 aliphatic heterocycles. The predicted octanol–water partition coefficient (Wildman–Crippen LogP) is 1.66. The second-order valence-corrected chi connectivity index (χ2v) is 10.0. The average molecular weight is 469 g/mol. The van der Waals surface area contributed by atoms with Gasteiger partial charge in [-0.2, -0.15) is 0 Å². The molecule has 6 atom stereocenters.